The minimum Gasteiger partial charge on any atom is -0.461 e. The van der Waals surface area contributed by atoms with E-state index in [1.165, 1.54) is 0 Å². The number of piperazine rings is 1. The molecule has 1 saturated heterocycles. The van der Waals surface area contributed by atoms with Gasteiger partial charge in [-0.05, 0) is 24.3 Å². The van der Waals surface area contributed by atoms with Crippen molar-refractivity contribution in [1.82, 2.24) is 9.80 Å². The van der Waals surface area contributed by atoms with Crippen LogP contribution in [0.5, 0.6) is 0 Å². The van der Waals surface area contributed by atoms with Crippen LogP contribution in [0, 0.1) is 0 Å². The average Bonchev–Trinajstić information content (AvgIpc) is 3.27. The highest BCUT2D eigenvalue weighted by Gasteiger charge is 2.24. The first-order valence-electron chi connectivity index (χ1n) is 9.97. The molecule has 2 heterocycles. The van der Waals surface area contributed by atoms with Crippen LogP contribution in [0.1, 0.15) is 22.5 Å². The fourth-order valence-corrected chi connectivity index (χ4v) is 3.58. The van der Waals surface area contributed by atoms with E-state index in [2.05, 4.69) is 0 Å². The molecule has 0 N–H and O–H groups in total. The number of benzene rings is 2. The molecule has 5 nitrogen and oxygen atoms in total. The fraction of sp³-hybridized carbons (Fsp3) is 0.250. The number of aryl methyl sites for hydroxylation is 1. The highest BCUT2D eigenvalue weighted by molar-refractivity contribution is 5.94. The van der Waals surface area contributed by atoms with Crippen molar-refractivity contribution >= 4 is 11.8 Å². The van der Waals surface area contributed by atoms with E-state index in [1.54, 1.807) is 0 Å². The van der Waals surface area contributed by atoms with Crippen LogP contribution in [-0.2, 0) is 11.2 Å². The highest BCUT2D eigenvalue weighted by Crippen LogP contribution is 2.22. The van der Waals surface area contributed by atoms with E-state index in [9.17, 15) is 9.59 Å². The zero-order valence-corrected chi connectivity index (χ0v) is 16.3. The number of carbonyl (C=O) groups is 2. The lowest BCUT2D eigenvalue weighted by Crippen LogP contribution is -2.50. The van der Waals surface area contributed by atoms with E-state index < -0.39 is 0 Å². The smallest absolute Gasteiger partial charge is 0.253 e. The molecule has 2 aromatic carbocycles. The van der Waals surface area contributed by atoms with Gasteiger partial charge in [-0.2, -0.15) is 0 Å². The molecule has 0 unspecified atom stereocenters. The van der Waals surface area contributed by atoms with Crippen molar-refractivity contribution in [3.63, 3.8) is 0 Å². The Balaban J connectivity index is 1.26. The summed E-state index contributed by atoms with van der Waals surface area (Å²) in [7, 11) is 0. The van der Waals surface area contributed by atoms with Gasteiger partial charge in [0.25, 0.3) is 5.91 Å². The van der Waals surface area contributed by atoms with Crippen LogP contribution in [0.2, 0.25) is 0 Å². The Kier molecular flexibility index (Phi) is 5.75. The molecule has 4 rings (SSSR count). The van der Waals surface area contributed by atoms with Crippen molar-refractivity contribution in [1.29, 1.82) is 0 Å². The second-order valence-electron chi connectivity index (χ2n) is 7.17. The van der Waals surface area contributed by atoms with Crippen LogP contribution < -0.4 is 0 Å². The second-order valence-corrected chi connectivity index (χ2v) is 7.17. The van der Waals surface area contributed by atoms with Crippen LogP contribution in [0.3, 0.4) is 0 Å². The predicted octanol–water partition coefficient (Wildman–Crippen LogP) is 3.86. The third-order valence-corrected chi connectivity index (χ3v) is 5.25. The summed E-state index contributed by atoms with van der Waals surface area (Å²) >= 11 is 0. The molecular weight excluding hydrogens is 364 g/mol. The van der Waals surface area contributed by atoms with Crippen molar-refractivity contribution in [2.75, 3.05) is 26.2 Å². The predicted molar refractivity (Wildman–Crippen MR) is 111 cm³/mol. The van der Waals surface area contributed by atoms with Gasteiger partial charge in [-0.25, -0.2) is 0 Å². The lowest BCUT2D eigenvalue weighted by molar-refractivity contribution is -0.132. The number of hydrogen-bond acceptors (Lipinski definition) is 3. The minimum absolute atomic E-state index is 0.0294. The SMILES string of the molecule is O=C(CCc1ccc(-c2ccccc2)o1)N1CCN(C(=O)c2ccccc2)CC1. The third kappa shape index (κ3) is 4.57. The molecule has 3 aromatic rings. The summed E-state index contributed by atoms with van der Waals surface area (Å²) in [4.78, 5) is 28.8. The van der Waals surface area contributed by atoms with E-state index in [1.807, 2.05) is 82.6 Å². The van der Waals surface area contributed by atoms with E-state index >= 15 is 0 Å². The maximum Gasteiger partial charge on any atom is 0.253 e. The van der Waals surface area contributed by atoms with E-state index in [4.69, 9.17) is 4.42 Å². The van der Waals surface area contributed by atoms with Gasteiger partial charge in [-0.3, -0.25) is 9.59 Å². The molecule has 0 saturated carbocycles. The van der Waals surface area contributed by atoms with Crippen molar-refractivity contribution in [2.45, 2.75) is 12.8 Å². The van der Waals surface area contributed by atoms with Crippen molar-refractivity contribution in [2.24, 2.45) is 0 Å². The summed E-state index contributed by atoms with van der Waals surface area (Å²) in [5.74, 6) is 1.77. The first-order valence-corrected chi connectivity index (χ1v) is 9.97. The molecule has 0 bridgehead atoms. The molecule has 2 amide bonds. The highest BCUT2D eigenvalue weighted by atomic mass is 16.3. The molecule has 5 heteroatoms. The number of amides is 2. The standard InChI is InChI=1S/C24H24N2O3/c27-23(14-12-21-11-13-22(29-21)19-7-3-1-4-8-19)25-15-17-26(18-16-25)24(28)20-9-5-2-6-10-20/h1-11,13H,12,14-18H2. The van der Waals surface area contributed by atoms with Gasteiger partial charge in [0, 0.05) is 50.1 Å². The normalized spacial score (nSPS) is 14.1. The molecular formula is C24H24N2O3. The molecule has 0 atom stereocenters. The van der Waals surface area contributed by atoms with Crippen LogP contribution in [0.25, 0.3) is 11.3 Å². The first kappa shape index (κ1) is 19.0. The molecule has 0 radical (unpaired) electrons. The second kappa shape index (κ2) is 8.78. The third-order valence-electron chi connectivity index (χ3n) is 5.25. The Labute approximate surface area is 170 Å². The Morgan fingerprint density at radius 3 is 2.07 bits per heavy atom. The number of nitrogens with zero attached hydrogens (tertiary/aromatic N) is 2. The number of hydrogen-bond donors (Lipinski definition) is 0. The Morgan fingerprint density at radius 2 is 1.38 bits per heavy atom. The fourth-order valence-electron chi connectivity index (χ4n) is 3.58. The maximum absolute atomic E-state index is 12.6. The monoisotopic (exact) mass is 388 g/mol. The molecule has 148 valence electrons. The van der Waals surface area contributed by atoms with Gasteiger partial charge in [-0.15, -0.1) is 0 Å². The number of carbonyl (C=O) groups excluding carboxylic acids is 2. The van der Waals surface area contributed by atoms with E-state index in [0.29, 0.717) is 44.6 Å². The summed E-state index contributed by atoms with van der Waals surface area (Å²) in [5.41, 5.74) is 1.73. The van der Waals surface area contributed by atoms with Gasteiger partial charge in [-0.1, -0.05) is 48.5 Å². The van der Waals surface area contributed by atoms with Crippen LogP contribution in [0.4, 0.5) is 0 Å². The Bertz CT molecular complexity index is 958. The lowest BCUT2D eigenvalue weighted by Gasteiger charge is -2.34. The minimum atomic E-state index is 0.0294. The summed E-state index contributed by atoms with van der Waals surface area (Å²) in [6.45, 7) is 2.28. The quantitative estimate of drug-likeness (QED) is 0.667. The summed E-state index contributed by atoms with van der Waals surface area (Å²) in [6.07, 6.45) is 0.989. The number of rotatable bonds is 5. The van der Waals surface area contributed by atoms with Gasteiger partial charge in [0.1, 0.15) is 11.5 Å². The number of furan rings is 1. The van der Waals surface area contributed by atoms with E-state index in [0.717, 1.165) is 17.1 Å². The zero-order valence-electron chi connectivity index (χ0n) is 16.3. The molecule has 1 aliphatic heterocycles. The average molecular weight is 388 g/mol. The Hall–Kier alpha value is -3.34. The molecule has 0 aliphatic carbocycles. The molecule has 1 aromatic heterocycles. The summed E-state index contributed by atoms with van der Waals surface area (Å²) in [6, 6.07) is 23.1. The Morgan fingerprint density at radius 1 is 0.759 bits per heavy atom. The van der Waals surface area contributed by atoms with Gasteiger partial charge >= 0.3 is 0 Å². The van der Waals surface area contributed by atoms with Crippen LogP contribution in [0.15, 0.2) is 77.2 Å². The maximum atomic E-state index is 12.6. The molecule has 1 aliphatic rings. The van der Waals surface area contributed by atoms with E-state index in [-0.39, 0.29) is 11.8 Å². The molecule has 1 fully saturated rings. The topological polar surface area (TPSA) is 53.8 Å². The van der Waals surface area contributed by atoms with Gasteiger partial charge < -0.3 is 14.2 Å². The van der Waals surface area contributed by atoms with Crippen molar-refractivity contribution in [3.8, 4) is 11.3 Å². The van der Waals surface area contributed by atoms with Crippen LogP contribution in [-0.4, -0.2) is 47.8 Å². The molecule has 0 spiro atoms. The summed E-state index contributed by atoms with van der Waals surface area (Å²) in [5, 5.41) is 0. The first-order chi connectivity index (χ1) is 14.2. The van der Waals surface area contributed by atoms with Gasteiger partial charge in [0.05, 0.1) is 0 Å². The largest absolute Gasteiger partial charge is 0.461 e. The lowest BCUT2D eigenvalue weighted by atomic mass is 10.1. The van der Waals surface area contributed by atoms with Crippen molar-refractivity contribution < 1.29 is 14.0 Å². The van der Waals surface area contributed by atoms with Gasteiger partial charge in [0.15, 0.2) is 0 Å². The van der Waals surface area contributed by atoms with Crippen LogP contribution >= 0.6 is 0 Å². The van der Waals surface area contributed by atoms with Gasteiger partial charge in [0.2, 0.25) is 5.91 Å². The zero-order chi connectivity index (χ0) is 20.1. The van der Waals surface area contributed by atoms with Crippen molar-refractivity contribution in [3.05, 3.63) is 84.1 Å². The summed E-state index contributed by atoms with van der Waals surface area (Å²) < 4.78 is 5.88. The molecule has 29 heavy (non-hydrogen) atoms.